The van der Waals surface area contributed by atoms with Crippen molar-refractivity contribution in [3.05, 3.63) is 0 Å². The third kappa shape index (κ3) is 0.800. The Kier molecular flexibility index (Phi) is 1.31. The van der Waals surface area contributed by atoms with Gasteiger partial charge < -0.3 is 4.90 Å². The Morgan fingerprint density at radius 3 is 2.90 bits per heavy atom. The molecule has 2 fully saturated rings. The van der Waals surface area contributed by atoms with E-state index in [0.717, 1.165) is 5.92 Å². The zero-order valence-electron chi connectivity index (χ0n) is 7.06. The molecule has 2 bridgehead atoms. The normalized spacial score (nSPS) is 48.0. The molecule has 1 saturated carbocycles. The van der Waals surface area contributed by atoms with Gasteiger partial charge in [-0.05, 0) is 39.2 Å². The second-order valence-electron chi connectivity index (χ2n) is 4.34. The lowest BCUT2D eigenvalue weighted by molar-refractivity contribution is 0.175. The lowest BCUT2D eigenvalue weighted by atomic mass is 9.81. The van der Waals surface area contributed by atoms with E-state index in [-0.39, 0.29) is 0 Å². The number of rotatable bonds is 0. The van der Waals surface area contributed by atoms with E-state index in [4.69, 9.17) is 0 Å². The Balaban J connectivity index is 2.18. The summed E-state index contributed by atoms with van der Waals surface area (Å²) >= 11 is 0. The molecule has 0 aromatic heterocycles. The molecule has 0 unspecified atom stereocenters. The van der Waals surface area contributed by atoms with Gasteiger partial charge in [0.2, 0.25) is 0 Å². The van der Waals surface area contributed by atoms with Gasteiger partial charge >= 0.3 is 0 Å². The summed E-state index contributed by atoms with van der Waals surface area (Å²) in [6, 6.07) is 0. The molecule has 0 aromatic rings. The molecule has 0 amide bonds. The van der Waals surface area contributed by atoms with Crippen LogP contribution in [-0.2, 0) is 0 Å². The molecular weight excluding hydrogens is 122 g/mol. The van der Waals surface area contributed by atoms with Gasteiger partial charge in [0.1, 0.15) is 0 Å². The molecule has 10 heavy (non-hydrogen) atoms. The second kappa shape index (κ2) is 1.97. The third-order valence-corrected chi connectivity index (χ3v) is 3.51. The van der Waals surface area contributed by atoms with Crippen LogP contribution in [0.4, 0.5) is 0 Å². The van der Waals surface area contributed by atoms with Crippen molar-refractivity contribution in [1.29, 1.82) is 0 Å². The quantitative estimate of drug-likeness (QED) is 0.495. The predicted octanol–water partition coefficient (Wildman–Crippen LogP) is 1.88. The van der Waals surface area contributed by atoms with E-state index < -0.39 is 0 Å². The number of likely N-dealkylation sites (tertiary alicyclic amines) is 1. The van der Waals surface area contributed by atoms with E-state index in [1.54, 1.807) is 0 Å². The van der Waals surface area contributed by atoms with Crippen molar-refractivity contribution in [2.45, 2.75) is 38.1 Å². The van der Waals surface area contributed by atoms with Crippen LogP contribution in [-0.4, -0.2) is 24.0 Å². The number of hydrogen-bond acceptors (Lipinski definition) is 1. The largest absolute Gasteiger partial charge is 0.301 e. The van der Waals surface area contributed by atoms with Gasteiger partial charge in [-0.25, -0.2) is 0 Å². The molecule has 1 heterocycles. The molecule has 1 heteroatoms. The number of hydrogen-bond donors (Lipinski definition) is 0. The fraction of sp³-hybridized carbons (Fsp3) is 1.00. The molecule has 2 rings (SSSR count). The molecule has 2 atom stereocenters. The molecule has 1 nitrogen and oxygen atoms in total. The fourth-order valence-electron chi connectivity index (χ4n) is 2.71. The summed E-state index contributed by atoms with van der Waals surface area (Å²) in [6.07, 6.45) is 5.84. The Morgan fingerprint density at radius 1 is 1.50 bits per heavy atom. The van der Waals surface area contributed by atoms with Gasteiger partial charge in [0.15, 0.2) is 0 Å². The maximum Gasteiger partial charge on any atom is 0.0181 e. The van der Waals surface area contributed by atoms with Crippen LogP contribution < -0.4 is 0 Å². The van der Waals surface area contributed by atoms with Crippen molar-refractivity contribution in [2.24, 2.45) is 5.92 Å². The average Bonchev–Trinajstić information content (AvgIpc) is 2.04. The topological polar surface area (TPSA) is 3.24 Å². The highest BCUT2D eigenvalue weighted by atomic mass is 15.2. The van der Waals surface area contributed by atoms with Crippen LogP contribution in [0.25, 0.3) is 0 Å². The van der Waals surface area contributed by atoms with E-state index in [0.29, 0.717) is 5.54 Å². The Hall–Kier alpha value is -0.0400. The van der Waals surface area contributed by atoms with Gasteiger partial charge in [-0.1, -0.05) is 6.42 Å². The van der Waals surface area contributed by atoms with Gasteiger partial charge in [-0.2, -0.15) is 0 Å². The highest BCUT2D eigenvalue weighted by Gasteiger charge is 2.41. The van der Waals surface area contributed by atoms with Crippen molar-refractivity contribution in [1.82, 2.24) is 4.90 Å². The SMILES string of the molecule is CN1C[C@H]2CCC[C@@]1(C)C2. The first-order valence-corrected chi connectivity index (χ1v) is 4.42. The Labute approximate surface area is 63.4 Å². The van der Waals surface area contributed by atoms with Crippen LogP contribution in [0.15, 0.2) is 0 Å². The van der Waals surface area contributed by atoms with E-state index in [1.165, 1.54) is 32.2 Å². The monoisotopic (exact) mass is 139 g/mol. The highest BCUT2D eigenvalue weighted by molar-refractivity contribution is 4.97. The number of nitrogens with zero attached hydrogens (tertiary/aromatic N) is 1. The van der Waals surface area contributed by atoms with Gasteiger partial charge in [0.05, 0.1) is 0 Å². The molecule has 1 saturated heterocycles. The maximum absolute atomic E-state index is 2.56. The average molecular weight is 139 g/mol. The Morgan fingerprint density at radius 2 is 2.30 bits per heavy atom. The summed E-state index contributed by atoms with van der Waals surface area (Å²) in [5, 5.41) is 0. The zero-order valence-corrected chi connectivity index (χ0v) is 7.06. The summed E-state index contributed by atoms with van der Waals surface area (Å²) in [5.41, 5.74) is 0.586. The first-order chi connectivity index (χ1) is 4.71. The van der Waals surface area contributed by atoms with E-state index in [1.807, 2.05) is 0 Å². The summed E-state index contributed by atoms with van der Waals surface area (Å²) in [7, 11) is 2.28. The molecule has 0 radical (unpaired) electrons. The van der Waals surface area contributed by atoms with Crippen LogP contribution in [0.1, 0.15) is 32.6 Å². The lowest BCUT2D eigenvalue weighted by Gasteiger charge is -2.33. The van der Waals surface area contributed by atoms with Crippen LogP contribution in [0.2, 0.25) is 0 Å². The molecule has 1 aliphatic carbocycles. The standard InChI is InChI=1S/C9H17N/c1-9-5-3-4-8(6-9)7-10(9)2/h8H,3-7H2,1-2H3/t8-,9-/m0/s1. The number of fused-ring (bicyclic) bond motifs is 2. The molecule has 2 aliphatic rings. The smallest absolute Gasteiger partial charge is 0.0181 e. The third-order valence-electron chi connectivity index (χ3n) is 3.51. The maximum atomic E-state index is 2.56. The van der Waals surface area contributed by atoms with E-state index >= 15 is 0 Å². The van der Waals surface area contributed by atoms with Crippen molar-refractivity contribution in [3.63, 3.8) is 0 Å². The van der Waals surface area contributed by atoms with E-state index in [9.17, 15) is 0 Å². The molecule has 1 aliphatic heterocycles. The second-order valence-corrected chi connectivity index (χ2v) is 4.34. The summed E-state index contributed by atoms with van der Waals surface area (Å²) < 4.78 is 0. The fourth-order valence-corrected chi connectivity index (χ4v) is 2.71. The molecule has 0 aromatic carbocycles. The van der Waals surface area contributed by atoms with Gasteiger partial charge in [0.25, 0.3) is 0 Å². The molecule has 0 N–H and O–H groups in total. The van der Waals surface area contributed by atoms with Gasteiger partial charge in [-0.15, -0.1) is 0 Å². The predicted molar refractivity (Wildman–Crippen MR) is 43.0 cm³/mol. The summed E-state index contributed by atoms with van der Waals surface area (Å²) in [5.74, 6) is 1.03. The van der Waals surface area contributed by atoms with Crippen LogP contribution in [0.5, 0.6) is 0 Å². The van der Waals surface area contributed by atoms with Crippen LogP contribution >= 0.6 is 0 Å². The highest BCUT2D eigenvalue weighted by Crippen LogP contribution is 2.42. The zero-order chi connectivity index (χ0) is 7.19. The van der Waals surface area contributed by atoms with Crippen molar-refractivity contribution >= 4 is 0 Å². The van der Waals surface area contributed by atoms with Crippen molar-refractivity contribution in [3.8, 4) is 0 Å². The van der Waals surface area contributed by atoms with Crippen molar-refractivity contribution in [2.75, 3.05) is 13.6 Å². The van der Waals surface area contributed by atoms with Gasteiger partial charge in [0, 0.05) is 12.1 Å². The molecule has 0 spiro atoms. The Bertz CT molecular complexity index is 144. The summed E-state index contributed by atoms with van der Waals surface area (Å²) in [6.45, 7) is 3.78. The first-order valence-electron chi connectivity index (χ1n) is 4.42. The van der Waals surface area contributed by atoms with Crippen LogP contribution in [0, 0.1) is 5.92 Å². The summed E-state index contributed by atoms with van der Waals surface area (Å²) in [4.78, 5) is 2.56. The van der Waals surface area contributed by atoms with E-state index in [2.05, 4.69) is 18.9 Å². The molecule has 58 valence electrons. The van der Waals surface area contributed by atoms with Crippen LogP contribution in [0.3, 0.4) is 0 Å². The lowest BCUT2D eigenvalue weighted by Crippen LogP contribution is -2.37. The van der Waals surface area contributed by atoms with Gasteiger partial charge in [-0.3, -0.25) is 0 Å². The minimum Gasteiger partial charge on any atom is -0.301 e. The minimum atomic E-state index is 0.586. The first kappa shape index (κ1) is 6.66. The van der Waals surface area contributed by atoms with Crippen molar-refractivity contribution < 1.29 is 0 Å². The minimum absolute atomic E-state index is 0.586. The molecular formula is C9H17N.